The molecule has 1 rings (SSSR count). The highest BCUT2D eigenvalue weighted by Gasteiger charge is 2.35. The van der Waals surface area contributed by atoms with Gasteiger partial charge < -0.3 is 10.1 Å². The van der Waals surface area contributed by atoms with E-state index in [-0.39, 0.29) is 6.07 Å². The fourth-order valence-corrected chi connectivity index (χ4v) is 1.12. The number of aromatic nitrogens is 1. The summed E-state index contributed by atoms with van der Waals surface area (Å²) in [5, 5.41) is 8.63. The quantitative estimate of drug-likeness (QED) is 0.778. The van der Waals surface area contributed by atoms with Gasteiger partial charge in [-0.1, -0.05) is 0 Å². The molecule has 1 aromatic heterocycles. The summed E-state index contributed by atoms with van der Waals surface area (Å²) < 4.78 is 61.1. The first-order valence-corrected chi connectivity index (χ1v) is 3.99. The second kappa shape index (κ2) is 4.20. The molecule has 3 nitrogen and oxygen atoms in total. The van der Waals surface area contributed by atoms with Gasteiger partial charge >= 0.3 is 6.18 Å². The Bertz CT molecular complexity index is 437. The van der Waals surface area contributed by atoms with E-state index in [9.17, 15) is 26.7 Å². The standard InChI is InChI=1S/C8H6F5NO2/c9-6(10)5-3(2-15)1-4(7(16)14-5)8(11,12)13/h1,6,15H,2H2,(H,14,16). The van der Waals surface area contributed by atoms with Crippen molar-refractivity contribution in [2.24, 2.45) is 0 Å². The average molecular weight is 243 g/mol. The smallest absolute Gasteiger partial charge is 0.392 e. The molecule has 0 spiro atoms. The number of rotatable bonds is 2. The van der Waals surface area contributed by atoms with Gasteiger partial charge in [-0.25, -0.2) is 8.78 Å². The summed E-state index contributed by atoms with van der Waals surface area (Å²) in [4.78, 5) is 12.3. The van der Waals surface area contributed by atoms with Crippen molar-refractivity contribution in [2.75, 3.05) is 0 Å². The molecule has 0 aromatic carbocycles. The van der Waals surface area contributed by atoms with Crippen LogP contribution in [0, 0.1) is 0 Å². The molecule has 0 aliphatic heterocycles. The number of hydrogen-bond donors (Lipinski definition) is 2. The Morgan fingerprint density at radius 3 is 2.31 bits per heavy atom. The Morgan fingerprint density at radius 1 is 1.38 bits per heavy atom. The predicted molar refractivity (Wildman–Crippen MR) is 42.9 cm³/mol. The molecule has 1 heterocycles. The van der Waals surface area contributed by atoms with Crippen LogP contribution in [0.3, 0.4) is 0 Å². The van der Waals surface area contributed by atoms with E-state index < -0.39 is 41.6 Å². The molecule has 0 amide bonds. The van der Waals surface area contributed by atoms with Crippen LogP contribution in [0.15, 0.2) is 10.9 Å². The summed E-state index contributed by atoms with van der Waals surface area (Å²) >= 11 is 0. The summed E-state index contributed by atoms with van der Waals surface area (Å²) in [5.41, 5.74) is -4.91. The van der Waals surface area contributed by atoms with Gasteiger partial charge in [0.05, 0.1) is 12.3 Å². The zero-order chi connectivity index (χ0) is 12.5. The molecule has 8 heteroatoms. The maximum atomic E-state index is 12.3. The van der Waals surface area contributed by atoms with Crippen molar-refractivity contribution >= 4 is 0 Å². The van der Waals surface area contributed by atoms with E-state index in [0.717, 1.165) is 0 Å². The summed E-state index contributed by atoms with van der Waals surface area (Å²) in [7, 11) is 0. The Hall–Kier alpha value is -1.44. The lowest BCUT2D eigenvalue weighted by Gasteiger charge is -2.10. The SMILES string of the molecule is O=c1[nH]c(C(F)F)c(CO)cc1C(F)(F)F. The van der Waals surface area contributed by atoms with E-state index in [0.29, 0.717) is 0 Å². The van der Waals surface area contributed by atoms with Gasteiger partial charge in [0.1, 0.15) is 5.56 Å². The summed E-state index contributed by atoms with van der Waals surface area (Å²) in [6.45, 7) is -1.01. The van der Waals surface area contributed by atoms with Gasteiger partial charge in [-0.05, 0) is 6.07 Å². The van der Waals surface area contributed by atoms with Gasteiger partial charge in [0.15, 0.2) is 0 Å². The van der Waals surface area contributed by atoms with Crippen LogP contribution in [-0.4, -0.2) is 10.1 Å². The van der Waals surface area contributed by atoms with Crippen LogP contribution in [0.2, 0.25) is 0 Å². The van der Waals surface area contributed by atoms with Gasteiger partial charge in [-0.15, -0.1) is 0 Å². The van der Waals surface area contributed by atoms with Crippen LogP contribution in [0.5, 0.6) is 0 Å². The van der Waals surface area contributed by atoms with Crippen LogP contribution in [0.25, 0.3) is 0 Å². The molecule has 1 aromatic rings. The number of aromatic amines is 1. The Morgan fingerprint density at radius 2 is 1.94 bits per heavy atom. The molecule has 0 radical (unpaired) electrons. The molecule has 0 bridgehead atoms. The van der Waals surface area contributed by atoms with Crippen molar-refractivity contribution in [3.05, 3.63) is 33.2 Å². The summed E-state index contributed by atoms with van der Waals surface area (Å²) in [6.07, 6.45) is -8.10. The molecule has 0 saturated heterocycles. The zero-order valence-electron chi connectivity index (χ0n) is 7.61. The molecule has 0 atom stereocenters. The third-order valence-corrected chi connectivity index (χ3v) is 1.85. The lowest BCUT2D eigenvalue weighted by molar-refractivity contribution is -0.138. The molecule has 0 fully saturated rings. The molecule has 0 saturated carbocycles. The summed E-state index contributed by atoms with van der Waals surface area (Å²) in [6, 6.07) is 0.223. The highest BCUT2D eigenvalue weighted by molar-refractivity contribution is 5.27. The Balaban J connectivity index is 3.44. The Labute approximate surface area is 85.5 Å². The highest BCUT2D eigenvalue weighted by atomic mass is 19.4. The second-order valence-corrected chi connectivity index (χ2v) is 2.91. The van der Waals surface area contributed by atoms with Crippen LogP contribution >= 0.6 is 0 Å². The van der Waals surface area contributed by atoms with Crippen LogP contribution in [0.4, 0.5) is 22.0 Å². The van der Waals surface area contributed by atoms with Gasteiger partial charge in [0.2, 0.25) is 0 Å². The maximum absolute atomic E-state index is 12.3. The minimum Gasteiger partial charge on any atom is -0.392 e. The first kappa shape index (κ1) is 12.6. The molecule has 0 aliphatic rings. The number of hydrogen-bond acceptors (Lipinski definition) is 2. The van der Waals surface area contributed by atoms with E-state index in [2.05, 4.69) is 0 Å². The number of aliphatic hydroxyl groups is 1. The molecular weight excluding hydrogens is 237 g/mol. The van der Waals surface area contributed by atoms with Crippen molar-refractivity contribution in [1.82, 2.24) is 4.98 Å². The number of halogens is 5. The molecule has 0 aliphatic carbocycles. The fourth-order valence-electron chi connectivity index (χ4n) is 1.12. The number of H-pyrrole nitrogens is 1. The lowest BCUT2D eigenvalue weighted by Crippen LogP contribution is -2.24. The lowest BCUT2D eigenvalue weighted by atomic mass is 10.1. The largest absolute Gasteiger partial charge is 0.421 e. The zero-order valence-corrected chi connectivity index (χ0v) is 7.61. The monoisotopic (exact) mass is 243 g/mol. The molecule has 2 N–H and O–H groups in total. The first-order valence-electron chi connectivity index (χ1n) is 3.99. The van der Waals surface area contributed by atoms with E-state index >= 15 is 0 Å². The van der Waals surface area contributed by atoms with Crippen LogP contribution in [-0.2, 0) is 12.8 Å². The normalized spacial score (nSPS) is 12.2. The summed E-state index contributed by atoms with van der Waals surface area (Å²) in [5.74, 6) is 0. The van der Waals surface area contributed by atoms with Crippen molar-refractivity contribution in [1.29, 1.82) is 0 Å². The maximum Gasteiger partial charge on any atom is 0.421 e. The second-order valence-electron chi connectivity index (χ2n) is 2.91. The van der Waals surface area contributed by atoms with Crippen LogP contribution in [0.1, 0.15) is 23.2 Å². The van der Waals surface area contributed by atoms with Crippen molar-refractivity contribution < 1.29 is 27.1 Å². The highest BCUT2D eigenvalue weighted by Crippen LogP contribution is 2.29. The topological polar surface area (TPSA) is 53.1 Å². The number of pyridine rings is 1. The number of aliphatic hydroxyl groups excluding tert-OH is 1. The number of alkyl halides is 5. The van der Waals surface area contributed by atoms with Crippen molar-refractivity contribution in [3.63, 3.8) is 0 Å². The molecule has 16 heavy (non-hydrogen) atoms. The minimum absolute atomic E-state index is 0.223. The molecular formula is C8H6F5NO2. The van der Waals surface area contributed by atoms with E-state index in [1.54, 1.807) is 0 Å². The first-order chi connectivity index (χ1) is 7.27. The van der Waals surface area contributed by atoms with E-state index in [1.807, 2.05) is 0 Å². The number of nitrogens with one attached hydrogen (secondary N) is 1. The fraction of sp³-hybridized carbons (Fsp3) is 0.375. The van der Waals surface area contributed by atoms with Gasteiger partial charge in [0, 0.05) is 5.56 Å². The van der Waals surface area contributed by atoms with Gasteiger partial charge in [0.25, 0.3) is 12.0 Å². The van der Waals surface area contributed by atoms with Gasteiger partial charge in [-0.2, -0.15) is 13.2 Å². The van der Waals surface area contributed by atoms with Gasteiger partial charge in [-0.3, -0.25) is 4.79 Å². The van der Waals surface area contributed by atoms with Crippen molar-refractivity contribution in [3.8, 4) is 0 Å². The third-order valence-electron chi connectivity index (χ3n) is 1.85. The minimum atomic E-state index is -4.95. The third kappa shape index (κ3) is 2.38. The van der Waals surface area contributed by atoms with Crippen LogP contribution < -0.4 is 5.56 Å². The van der Waals surface area contributed by atoms with E-state index in [1.165, 1.54) is 4.98 Å². The average Bonchev–Trinajstić information content (AvgIpc) is 2.15. The van der Waals surface area contributed by atoms with Crippen molar-refractivity contribution in [2.45, 2.75) is 19.2 Å². The Kier molecular flexibility index (Phi) is 3.32. The predicted octanol–water partition coefficient (Wildman–Crippen LogP) is 1.82. The van der Waals surface area contributed by atoms with E-state index in [4.69, 9.17) is 5.11 Å². The molecule has 90 valence electrons. The molecule has 0 unspecified atom stereocenters.